The maximum atomic E-state index is 11.3. The van der Waals surface area contributed by atoms with Crippen molar-refractivity contribution in [2.75, 3.05) is 6.61 Å². The van der Waals surface area contributed by atoms with Gasteiger partial charge in [0.25, 0.3) is 0 Å². The minimum atomic E-state index is -1.73. The molecular formula is C13H28O3Si. The fraction of sp³-hybridized carbons (Fsp3) is 0.923. The SMILES string of the molecule is CCCC(=O)OC(C)CO[Si](C)(C)C(C)(C)C. The Morgan fingerprint density at radius 2 is 1.82 bits per heavy atom. The molecule has 0 rings (SSSR count). The second-order valence-electron chi connectivity index (χ2n) is 6.12. The molecule has 0 aromatic carbocycles. The fourth-order valence-electron chi connectivity index (χ4n) is 1.06. The second-order valence-corrected chi connectivity index (χ2v) is 10.9. The van der Waals surface area contributed by atoms with Crippen LogP contribution in [-0.2, 0) is 14.0 Å². The first-order chi connectivity index (χ1) is 7.60. The van der Waals surface area contributed by atoms with E-state index in [-0.39, 0.29) is 17.1 Å². The molecular weight excluding hydrogens is 232 g/mol. The topological polar surface area (TPSA) is 35.5 Å². The van der Waals surface area contributed by atoms with Crippen LogP contribution in [-0.4, -0.2) is 27.0 Å². The highest BCUT2D eigenvalue weighted by molar-refractivity contribution is 6.74. The third-order valence-electron chi connectivity index (χ3n) is 3.27. The van der Waals surface area contributed by atoms with Gasteiger partial charge in [-0.1, -0.05) is 27.7 Å². The molecule has 102 valence electrons. The average molecular weight is 260 g/mol. The fourth-order valence-corrected chi connectivity index (χ4v) is 2.15. The predicted molar refractivity (Wildman–Crippen MR) is 73.6 cm³/mol. The zero-order valence-corrected chi connectivity index (χ0v) is 13.4. The minimum absolute atomic E-state index is 0.126. The molecule has 0 fully saturated rings. The molecule has 0 saturated heterocycles. The van der Waals surface area contributed by atoms with Crippen LogP contribution in [0, 0.1) is 0 Å². The lowest BCUT2D eigenvalue weighted by molar-refractivity contribution is -0.149. The van der Waals surface area contributed by atoms with Gasteiger partial charge in [0, 0.05) is 6.42 Å². The first-order valence-electron chi connectivity index (χ1n) is 6.43. The number of ether oxygens (including phenoxy) is 1. The summed E-state index contributed by atoms with van der Waals surface area (Å²) < 4.78 is 11.3. The third kappa shape index (κ3) is 6.22. The number of hydrogen-bond donors (Lipinski definition) is 0. The van der Waals surface area contributed by atoms with Gasteiger partial charge in [0.1, 0.15) is 6.10 Å². The normalized spacial score (nSPS) is 14.5. The summed E-state index contributed by atoms with van der Waals surface area (Å²) in [5.41, 5.74) is 0. The first kappa shape index (κ1) is 16.6. The van der Waals surface area contributed by atoms with E-state index in [0.29, 0.717) is 13.0 Å². The average Bonchev–Trinajstić information content (AvgIpc) is 2.13. The van der Waals surface area contributed by atoms with Crippen molar-refractivity contribution < 1.29 is 14.0 Å². The van der Waals surface area contributed by atoms with Crippen molar-refractivity contribution in [1.29, 1.82) is 0 Å². The summed E-state index contributed by atoms with van der Waals surface area (Å²) in [4.78, 5) is 11.3. The minimum Gasteiger partial charge on any atom is -0.460 e. The van der Waals surface area contributed by atoms with Gasteiger partial charge in [-0.05, 0) is 31.5 Å². The number of esters is 1. The Morgan fingerprint density at radius 3 is 2.24 bits per heavy atom. The number of carbonyl (C=O) groups excluding carboxylic acids is 1. The van der Waals surface area contributed by atoms with Crippen LogP contribution < -0.4 is 0 Å². The molecule has 0 aromatic heterocycles. The van der Waals surface area contributed by atoms with Gasteiger partial charge in [0.15, 0.2) is 8.32 Å². The summed E-state index contributed by atoms with van der Waals surface area (Å²) >= 11 is 0. The molecule has 0 amide bonds. The first-order valence-corrected chi connectivity index (χ1v) is 9.34. The lowest BCUT2D eigenvalue weighted by atomic mass is 10.2. The van der Waals surface area contributed by atoms with Gasteiger partial charge in [-0.3, -0.25) is 4.79 Å². The van der Waals surface area contributed by atoms with Gasteiger partial charge in [-0.25, -0.2) is 0 Å². The van der Waals surface area contributed by atoms with E-state index in [0.717, 1.165) is 6.42 Å². The summed E-state index contributed by atoms with van der Waals surface area (Å²) in [6, 6.07) is 0. The molecule has 0 aliphatic carbocycles. The summed E-state index contributed by atoms with van der Waals surface area (Å²) in [7, 11) is -1.73. The van der Waals surface area contributed by atoms with Gasteiger partial charge in [0.2, 0.25) is 0 Å². The maximum Gasteiger partial charge on any atom is 0.306 e. The quantitative estimate of drug-likeness (QED) is 0.539. The largest absolute Gasteiger partial charge is 0.460 e. The second kappa shape index (κ2) is 6.54. The standard InChI is InChI=1S/C13H28O3Si/c1-8-9-12(14)16-11(2)10-15-17(6,7)13(3,4)5/h11H,8-10H2,1-7H3. The van der Waals surface area contributed by atoms with Crippen LogP contribution in [0.15, 0.2) is 0 Å². The van der Waals surface area contributed by atoms with Crippen LogP contribution in [0.5, 0.6) is 0 Å². The van der Waals surface area contributed by atoms with Crippen LogP contribution in [0.1, 0.15) is 47.5 Å². The van der Waals surface area contributed by atoms with Gasteiger partial charge in [-0.15, -0.1) is 0 Å². The number of carbonyl (C=O) groups is 1. The van der Waals surface area contributed by atoms with E-state index in [1.54, 1.807) is 0 Å². The molecule has 0 aliphatic rings. The molecule has 17 heavy (non-hydrogen) atoms. The van der Waals surface area contributed by atoms with Crippen molar-refractivity contribution in [3.63, 3.8) is 0 Å². The third-order valence-corrected chi connectivity index (χ3v) is 7.77. The molecule has 0 heterocycles. The molecule has 0 aliphatic heterocycles. The molecule has 0 N–H and O–H groups in total. The predicted octanol–water partition coefficient (Wildman–Crippen LogP) is 3.74. The smallest absolute Gasteiger partial charge is 0.306 e. The maximum absolute atomic E-state index is 11.3. The van der Waals surface area contributed by atoms with Crippen LogP contribution in [0.25, 0.3) is 0 Å². The molecule has 1 unspecified atom stereocenters. The summed E-state index contributed by atoms with van der Waals surface area (Å²) in [5, 5.41) is 0.195. The van der Waals surface area contributed by atoms with E-state index >= 15 is 0 Å². The van der Waals surface area contributed by atoms with E-state index < -0.39 is 8.32 Å². The van der Waals surface area contributed by atoms with Crippen molar-refractivity contribution in [1.82, 2.24) is 0 Å². The Labute approximate surface area is 107 Å². The zero-order valence-electron chi connectivity index (χ0n) is 12.4. The highest BCUT2D eigenvalue weighted by Gasteiger charge is 2.37. The molecule has 0 bridgehead atoms. The van der Waals surface area contributed by atoms with Crippen molar-refractivity contribution in [2.24, 2.45) is 0 Å². The van der Waals surface area contributed by atoms with Crippen LogP contribution in [0.2, 0.25) is 18.1 Å². The molecule has 0 saturated carbocycles. The van der Waals surface area contributed by atoms with E-state index in [2.05, 4.69) is 33.9 Å². The van der Waals surface area contributed by atoms with Crippen molar-refractivity contribution in [3.05, 3.63) is 0 Å². The van der Waals surface area contributed by atoms with E-state index in [1.165, 1.54) is 0 Å². The van der Waals surface area contributed by atoms with E-state index in [9.17, 15) is 4.79 Å². The monoisotopic (exact) mass is 260 g/mol. The van der Waals surface area contributed by atoms with E-state index in [4.69, 9.17) is 9.16 Å². The summed E-state index contributed by atoms with van der Waals surface area (Å²) in [6.07, 6.45) is 1.17. The summed E-state index contributed by atoms with van der Waals surface area (Å²) in [6.45, 7) is 15.4. The molecule has 0 aromatic rings. The van der Waals surface area contributed by atoms with Crippen molar-refractivity contribution in [2.45, 2.75) is 71.7 Å². The lowest BCUT2D eigenvalue weighted by Crippen LogP contribution is -2.42. The molecule has 4 heteroatoms. The van der Waals surface area contributed by atoms with Crippen molar-refractivity contribution in [3.8, 4) is 0 Å². The van der Waals surface area contributed by atoms with Crippen LogP contribution in [0.4, 0.5) is 0 Å². The van der Waals surface area contributed by atoms with Gasteiger partial charge < -0.3 is 9.16 Å². The van der Waals surface area contributed by atoms with Gasteiger partial charge in [-0.2, -0.15) is 0 Å². The molecule has 3 nitrogen and oxygen atoms in total. The highest BCUT2D eigenvalue weighted by atomic mass is 28.4. The zero-order chi connectivity index (χ0) is 13.7. The van der Waals surface area contributed by atoms with E-state index in [1.807, 2.05) is 13.8 Å². The Hall–Kier alpha value is -0.353. The van der Waals surface area contributed by atoms with Crippen LogP contribution in [0.3, 0.4) is 0 Å². The van der Waals surface area contributed by atoms with Gasteiger partial charge >= 0.3 is 5.97 Å². The number of hydrogen-bond acceptors (Lipinski definition) is 3. The Kier molecular flexibility index (Phi) is 6.41. The van der Waals surface area contributed by atoms with Crippen LogP contribution >= 0.6 is 0 Å². The Morgan fingerprint density at radius 1 is 1.29 bits per heavy atom. The molecule has 1 atom stereocenters. The Balaban J connectivity index is 4.08. The lowest BCUT2D eigenvalue weighted by Gasteiger charge is -2.36. The molecule has 0 radical (unpaired) electrons. The molecule has 0 spiro atoms. The number of rotatable bonds is 6. The summed E-state index contributed by atoms with van der Waals surface area (Å²) in [5.74, 6) is -0.126. The van der Waals surface area contributed by atoms with Crippen molar-refractivity contribution >= 4 is 14.3 Å². The van der Waals surface area contributed by atoms with Gasteiger partial charge in [0.05, 0.1) is 6.61 Å². The Bertz CT molecular complexity index is 244. The highest BCUT2D eigenvalue weighted by Crippen LogP contribution is 2.36.